The zero-order valence-electron chi connectivity index (χ0n) is 16.6. The molecule has 1 heterocycles. The summed E-state index contributed by atoms with van der Waals surface area (Å²) in [5.41, 5.74) is 0.690. The Hall–Kier alpha value is -2.83. The average Bonchev–Trinajstić information content (AvgIpc) is 2.76. The summed E-state index contributed by atoms with van der Waals surface area (Å²) >= 11 is 0. The van der Waals surface area contributed by atoms with Gasteiger partial charge in [-0.3, -0.25) is 9.59 Å². The lowest BCUT2D eigenvalue weighted by atomic mass is 9.95. The van der Waals surface area contributed by atoms with Crippen LogP contribution in [0.25, 0.3) is 0 Å². The first-order chi connectivity index (χ1) is 14.3. The van der Waals surface area contributed by atoms with Crippen molar-refractivity contribution in [3.8, 4) is 0 Å². The van der Waals surface area contributed by atoms with Crippen LogP contribution in [-0.2, 0) is 17.4 Å². The Labute approximate surface area is 174 Å². The van der Waals surface area contributed by atoms with Crippen LogP contribution in [0.4, 0.5) is 13.2 Å². The van der Waals surface area contributed by atoms with Crippen LogP contribution in [0.2, 0.25) is 0 Å². The number of rotatable bonds is 6. The number of benzene rings is 2. The third-order valence-electron chi connectivity index (χ3n) is 5.40. The fourth-order valence-corrected chi connectivity index (χ4v) is 3.62. The van der Waals surface area contributed by atoms with E-state index in [1.165, 1.54) is 17.7 Å². The molecule has 30 heavy (non-hydrogen) atoms. The number of halogens is 3. The molecule has 2 aromatic rings. The fourth-order valence-electron chi connectivity index (χ4n) is 3.62. The van der Waals surface area contributed by atoms with E-state index in [4.69, 9.17) is 0 Å². The van der Waals surface area contributed by atoms with Gasteiger partial charge in [-0.25, -0.2) is 0 Å². The topological polar surface area (TPSA) is 49.4 Å². The molecule has 1 fully saturated rings. The van der Waals surface area contributed by atoms with Gasteiger partial charge < -0.3 is 10.2 Å². The number of alkyl halides is 3. The highest BCUT2D eigenvalue weighted by molar-refractivity contribution is 5.94. The minimum absolute atomic E-state index is 0.00434. The van der Waals surface area contributed by atoms with Gasteiger partial charge in [0.15, 0.2) is 0 Å². The summed E-state index contributed by atoms with van der Waals surface area (Å²) in [6.45, 7) is 1.45. The van der Waals surface area contributed by atoms with Gasteiger partial charge in [-0.15, -0.1) is 0 Å². The molecule has 0 spiro atoms. The van der Waals surface area contributed by atoms with Gasteiger partial charge in [0.1, 0.15) is 0 Å². The van der Waals surface area contributed by atoms with Gasteiger partial charge in [0, 0.05) is 31.1 Å². The van der Waals surface area contributed by atoms with Crippen molar-refractivity contribution in [2.24, 2.45) is 5.92 Å². The highest BCUT2D eigenvalue weighted by Crippen LogP contribution is 2.29. The SMILES string of the molecule is O=C(NCCCc1ccccc1)C1CCN(C(=O)c2ccc(C(F)(F)F)cc2)CC1. The monoisotopic (exact) mass is 418 g/mol. The molecule has 2 amide bonds. The Morgan fingerprint density at radius 3 is 2.20 bits per heavy atom. The first kappa shape index (κ1) is 21.9. The molecule has 1 N–H and O–H groups in total. The number of piperidine rings is 1. The third-order valence-corrected chi connectivity index (χ3v) is 5.40. The lowest BCUT2D eigenvalue weighted by Gasteiger charge is -2.31. The molecule has 1 aliphatic heterocycles. The van der Waals surface area contributed by atoms with E-state index in [0.29, 0.717) is 32.5 Å². The Morgan fingerprint density at radius 2 is 1.60 bits per heavy atom. The van der Waals surface area contributed by atoms with Crippen molar-refractivity contribution >= 4 is 11.8 Å². The first-order valence-electron chi connectivity index (χ1n) is 10.1. The molecule has 0 atom stereocenters. The molecule has 0 saturated carbocycles. The van der Waals surface area contributed by atoms with Crippen LogP contribution in [0.3, 0.4) is 0 Å². The molecule has 0 unspecified atom stereocenters. The summed E-state index contributed by atoms with van der Waals surface area (Å²) in [5.74, 6) is -0.437. The summed E-state index contributed by atoms with van der Waals surface area (Å²) in [6, 6.07) is 14.3. The van der Waals surface area contributed by atoms with Gasteiger partial charge in [0.2, 0.25) is 5.91 Å². The van der Waals surface area contributed by atoms with Crippen LogP contribution < -0.4 is 5.32 Å². The van der Waals surface area contributed by atoms with Crippen LogP contribution >= 0.6 is 0 Å². The second-order valence-electron chi connectivity index (χ2n) is 7.52. The van der Waals surface area contributed by atoms with Crippen molar-refractivity contribution in [2.75, 3.05) is 19.6 Å². The highest BCUT2D eigenvalue weighted by atomic mass is 19.4. The molecule has 1 saturated heterocycles. The maximum atomic E-state index is 12.7. The quantitative estimate of drug-likeness (QED) is 0.711. The van der Waals surface area contributed by atoms with Crippen LogP contribution in [0.15, 0.2) is 54.6 Å². The summed E-state index contributed by atoms with van der Waals surface area (Å²) in [5, 5.41) is 2.97. The fraction of sp³-hybridized carbons (Fsp3) is 0.391. The van der Waals surface area contributed by atoms with Crippen LogP contribution in [0.1, 0.15) is 40.7 Å². The number of carbonyl (C=O) groups excluding carboxylic acids is 2. The standard InChI is InChI=1S/C23H25F3N2O2/c24-23(25,26)20-10-8-19(9-11-20)22(30)28-15-12-18(13-16-28)21(29)27-14-4-7-17-5-2-1-3-6-17/h1-3,5-6,8-11,18H,4,7,12-16H2,(H,27,29). The van der Waals surface area contributed by atoms with Gasteiger partial charge in [0.05, 0.1) is 5.56 Å². The first-order valence-corrected chi connectivity index (χ1v) is 10.1. The van der Waals surface area contributed by atoms with Gasteiger partial charge >= 0.3 is 6.18 Å². The number of hydrogen-bond donors (Lipinski definition) is 1. The summed E-state index contributed by atoms with van der Waals surface area (Å²) < 4.78 is 38.0. The van der Waals surface area contributed by atoms with Crippen LogP contribution in [0, 0.1) is 5.92 Å². The van der Waals surface area contributed by atoms with E-state index in [0.717, 1.165) is 25.0 Å². The Bertz CT molecular complexity index is 843. The van der Waals surface area contributed by atoms with Gasteiger partial charge in [-0.2, -0.15) is 13.2 Å². The summed E-state index contributed by atoms with van der Waals surface area (Å²) in [4.78, 5) is 26.5. The molecule has 1 aliphatic rings. The van der Waals surface area contributed by atoms with E-state index in [9.17, 15) is 22.8 Å². The maximum Gasteiger partial charge on any atom is 0.416 e. The predicted molar refractivity (Wildman–Crippen MR) is 108 cm³/mol. The molecular formula is C23H25F3N2O2. The van der Waals surface area contributed by atoms with Crippen molar-refractivity contribution in [1.29, 1.82) is 0 Å². The molecule has 3 rings (SSSR count). The van der Waals surface area contributed by atoms with Crippen molar-refractivity contribution in [1.82, 2.24) is 10.2 Å². The molecule has 2 aromatic carbocycles. The van der Waals surface area contributed by atoms with E-state index in [1.807, 2.05) is 18.2 Å². The van der Waals surface area contributed by atoms with Crippen molar-refractivity contribution in [3.05, 3.63) is 71.3 Å². The van der Waals surface area contributed by atoms with Gasteiger partial charge in [0.25, 0.3) is 5.91 Å². The minimum Gasteiger partial charge on any atom is -0.356 e. The summed E-state index contributed by atoms with van der Waals surface area (Å²) in [7, 11) is 0. The molecule has 7 heteroatoms. The van der Waals surface area contributed by atoms with E-state index < -0.39 is 11.7 Å². The zero-order valence-corrected chi connectivity index (χ0v) is 16.6. The smallest absolute Gasteiger partial charge is 0.356 e. The molecule has 4 nitrogen and oxygen atoms in total. The molecule has 160 valence electrons. The van der Waals surface area contributed by atoms with Crippen molar-refractivity contribution in [2.45, 2.75) is 31.9 Å². The lowest BCUT2D eigenvalue weighted by molar-refractivity contribution is -0.137. The highest BCUT2D eigenvalue weighted by Gasteiger charge is 2.31. The molecule has 0 radical (unpaired) electrons. The van der Waals surface area contributed by atoms with Crippen LogP contribution in [-0.4, -0.2) is 36.3 Å². The Balaban J connectivity index is 1.41. The molecular weight excluding hydrogens is 393 g/mol. The van der Waals surface area contributed by atoms with E-state index in [2.05, 4.69) is 17.4 Å². The van der Waals surface area contributed by atoms with Gasteiger partial charge in [-0.1, -0.05) is 30.3 Å². The van der Waals surface area contributed by atoms with E-state index >= 15 is 0 Å². The molecule has 0 aliphatic carbocycles. The van der Waals surface area contributed by atoms with Crippen molar-refractivity contribution < 1.29 is 22.8 Å². The summed E-state index contributed by atoms with van der Waals surface area (Å²) in [6.07, 6.45) is -1.55. The number of nitrogens with zero attached hydrogens (tertiary/aromatic N) is 1. The Morgan fingerprint density at radius 1 is 0.967 bits per heavy atom. The number of aryl methyl sites for hydroxylation is 1. The third kappa shape index (κ3) is 5.84. The number of likely N-dealkylation sites (tertiary alicyclic amines) is 1. The van der Waals surface area contributed by atoms with E-state index in [1.54, 1.807) is 4.90 Å². The number of hydrogen-bond acceptors (Lipinski definition) is 2. The van der Waals surface area contributed by atoms with Crippen molar-refractivity contribution in [3.63, 3.8) is 0 Å². The maximum absolute atomic E-state index is 12.7. The van der Waals surface area contributed by atoms with Crippen LogP contribution in [0.5, 0.6) is 0 Å². The lowest BCUT2D eigenvalue weighted by Crippen LogP contribution is -2.43. The number of amides is 2. The normalized spacial score (nSPS) is 15.1. The largest absolute Gasteiger partial charge is 0.416 e. The van der Waals surface area contributed by atoms with Gasteiger partial charge in [-0.05, 0) is 55.5 Å². The molecule has 0 aromatic heterocycles. The second-order valence-corrected chi connectivity index (χ2v) is 7.52. The predicted octanol–water partition coefficient (Wildman–Crippen LogP) is 4.31. The minimum atomic E-state index is -4.42. The second kappa shape index (κ2) is 9.78. The van der Waals surface area contributed by atoms with E-state index in [-0.39, 0.29) is 23.3 Å². The number of carbonyl (C=O) groups is 2. The molecule has 0 bridgehead atoms. The zero-order chi connectivity index (χ0) is 21.6. The number of nitrogens with one attached hydrogen (secondary N) is 1. The average molecular weight is 418 g/mol. The Kier molecular flexibility index (Phi) is 7.13.